The molecule has 0 aromatic carbocycles. The first-order valence-electron chi connectivity index (χ1n) is 11.5. The lowest BCUT2D eigenvalue weighted by atomic mass is 10.2. The van der Waals surface area contributed by atoms with Gasteiger partial charge in [0, 0.05) is 55.1 Å². The van der Waals surface area contributed by atoms with Crippen LogP contribution in [0, 0.1) is 0 Å². The van der Waals surface area contributed by atoms with Gasteiger partial charge in [0.25, 0.3) is 0 Å². The van der Waals surface area contributed by atoms with Crippen LogP contribution in [0.4, 0.5) is 19.0 Å². The quantitative estimate of drug-likeness (QED) is 0.460. The number of pyridine rings is 1. The summed E-state index contributed by atoms with van der Waals surface area (Å²) in [7, 11) is 0. The summed E-state index contributed by atoms with van der Waals surface area (Å²) in [6, 6.07) is 3.00. The zero-order valence-electron chi connectivity index (χ0n) is 19.5. The number of alkyl halides is 3. The highest BCUT2D eigenvalue weighted by Crippen LogP contribution is 2.44. The third-order valence-electron chi connectivity index (χ3n) is 6.36. The van der Waals surface area contributed by atoms with Crippen molar-refractivity contribution in [2.24, 2.45) is 0 Å². The van der Waals surface area contributed by atoms with Gasteiger partial charge in [0.15, 0.2) is 10.8 Å². The van der Waals surface area contributed by atoms with Gasteiger partial charge in [0.2, 0.25) is 0 Å². The Kier molecular flexibility index (Phi) is 6.94. The molecule has 5 heterocycles. The zero-order valence-corrected chi connectivity index (χ0v) is 21.0. The summed E-state index contributed by atoms with van der Waals surface area (Å²) in [5.41, 5.74) is 4.72. The molecule has 0 radical (unpaired) electrons. The summed E-state index contributed by atoms with van der Waals surface area (Å²) < 4.78 is 31.7. The first kappa shape index (κ1) is 25.6. The van der Waals surface area contributed by atoms with Crippen molar-refractivity contribution in [1.29, 1.82) is 0 Å². The van der Waals surface area contributed by atoms with E-state index in [1.807, 2.05) is 12.3 Å². The molecule has 37 heavy (non-hydrogen) atoms. The van der Waals surface area contributed by atoms with Crippen molar-refractivity contribution in [3.05, 3.63) is 41.5 Å². The molecule has 2 N–H and O–H groups in total. The molecule has 2 saturated heterocycles. The highest BCUT2D eigenvalue weighted by molar-refractivity contribution is 7.99. The highest BCUT2D eigenvalue weighted by atomic mass is 35.5. The van der Waals surface area contributed by atoms with E-state index in [2.05, 4.69) is 32.1 Å². The van der Waals surface area contributed by atoms with Gasteiger partial charge in [-0.3, -0.25) is 4.98 Å². The lowest BCUT2D eigenvalue weighted by molar-refractivity contribution is -0.192. The van der Waals surface area contributed by atoms with Crippen LogP contribution >= 0.6 is 23.4 Å². The third kappa shape index (κ3) is 5.20. The molecule has 1 aliphatic carbocycles. The van der Waals surface area contributed by atoms with Gasteiger partial charge in [0.1, 0.15) is 11.3 Å². The summed E-state index contributed by atoms with van der Waals surface area (Å²) in [5.74, 6) is -1.77. The van der Waals surface area contributed by atoms with E-state index in [1.165, 1.54) is 17.3 Å². The number of anilines is 1. The minimum absolute atomic E-state index is 0.472. The molecule has 6 rings (SSSR count). The van der Waals surface area contributed by atoms with Crippen molar-refractivity contribution in [2.45, 2.75) is 54.5 Å². The van der Waals surface area contributed by atoms with Crippen molar-refractivity contribution in [3.63, 3.8) is 0 Å². The van der Waals surface area contributed by atoms with Crippen LogP contribution in [0.15, 0.2) is 40.3 Å². The molecule has 0 spiro atoms. The van der Waals surface area contributed by atoms with Gasteiger partial charge >= 0.3 is 12.1 Å². The average Bonchev–Trinajstić information content (AvgIpc) is 3.58. The smallest absolute Gasteiger partial charge is 0.475 e. The first-order valence-corrected chi connectivity index (χ1v) is 12.7. The molecule has 14 heteroatoms. The fourth-order valence-corrected chi connectivity index (χ4v) is 5.80. The molecule has 9 nitrogen and oxygen atoms in total. The third-order valence-corrected chi connectivity index (χ3v) is 7.64. The number of halogens is 4. The van der Waals surface area contributed by atoms with Crippen molar-refractivity contribution in [2.75, 3.05) is 18.0 Å². The topological polar surface area (TPSA) is 117 Å². The van der Waals surface area contributed by atoms with Crippen LogP contribution in [-0.4, -0.2) is 67.3 Å². The summed E-state index contributed by atoms with van der Waals surface area (Å²) in [5, 5.41) is 12.3. The summed E-state index contributed by atoms with van der Waals surface area (Å²) in [6.07, 6.45) is 2.95. The Hall–Kier alpha value is -3.03. The number of aromatic nitrogens is 5. The molecule has 0 amide bonds. The number of carboxylic acids is 1. The summed E-state index contributed by atoms with van der Waals surface area (Å²) in [4.78, 5) is 35.2. The predicted molar refractivity (Wildman–Crippen MR) is 131 cm³/mol. The number of nitrogens with zero attached hydrogens (tertiary/aromatic N) is 6. The molecule has 0 saturated carbocycles. The van der Waals surface area contributed by atoms with Crippen molar-refractivity contribution >= 4 is 51.3 Å². The maximum atomic E-state index is 10.6. The van der Waals surface area contributed by atoms with Crippen LogP contribution in [0.3, 0.4) is 0 Å². The number of fused-ring (bicyclic) bond motifs is 4. The van der Waals surface area contributed by atoms with E-state index in [1.54, 1.807) is 12.4 Å². The number of allylic oxidation sites excluding steroid dienone is 1. The minimum Gasteiger partial charge on any atom is -0.475 e. The molecule has 2 bridgehead atoms. The Morgan fingerprint density at radius 2 is 2.03 bits per heavy atom. The molecule has 2 aliphatic heterocycles. The molecular formula is C23H21ClF3N7O2S. The molecule has 3 aromatic heterocycles. The summed E-state index contributed by atoms with van der Waals surface area (Å²) in [6.45, 7) is 4.12. The number of aliphatic carboxylic acids is 1. The van der Waals surface area contributed by atoms with Crippen LogP contribution in [0.2, 0.25) is 0 Å². The fraction of sp³-hybridized carbons (Fsp3) is 0.391. The van der Waals surface area contributed by atoms with Gasteiger partial charge in [-0.1, -0.05) is 18.5 Å². The van der Waals surface area contributed by atoms with Gasteiger partial charge in [-0.15, -0.1) is 0 Å². The van der Waals surface area contributed by atoms with Crippen LogP contribution < -0.4 is 10.2 Å². The van der Waals surface area contributed by atoms with E-state index in [-0.39, 0.29) is 0 Å². The lowest BCUT2D eigenvalue weighted by Gasteiger charge is -2.30. The monoisotopic (exact) mass is 551 g/mol. The van der Waals surface area contributed by atoms with E-state index in [9.17, 15) is 13.2 Å². The van der Waals surface area contributed by atoms with Crippen LogP contribution in [0.25, 0.3) is 16.2 Å². The predicted octanol–water partition coefficient (Wildman–Crippen LogP) is 4.07. The lowest BCUT2D eigenvalue weighted by Crippen LogP contribution is -2.44. The van der Waals surface area contributed by atoms with Gasteiger partial charge in [-0.05, 0) is 36.2 Å². The Bertz CT molecular complexity index is 1400. The zero-order chi connectivity index (χ0) is 26.3. The SMILES string of the molecule is CCC1=C(Cl)c2c(nc(Sc3cnc4nccnc4c3)nc2N2CC3CC2CN3)C1.O=C(O)C(F)(F)F. The van der Waals surface area contributed by atoms with Crippen molar-refractivity contribution < 1.29 is 23.1 Å². The second-order valence-electron chi connectivity index (χ2n) is 8.72. The molecule has 2 unspecified atom stereocenters. The number of hydrogen-bond acceptors (Lipinski definition) is 9. The Labute approximate surface area is 218 Å². The van der Waals surface area contributed by atoms with Gasteiger partial charge < -0.3 is 15.3 Å². The molecule has 2 fully saturated rings. The number of rotatable bonds is 4. The summed E-state index contributed by atoms with van der Waals surface area (Å²) >= 11 is 8.31. The molecule has 194 valence electrons. The van der Waals surface area contributed by atoms with Crippen LogP contribution in [-0.2, 0) is 11.2 Å². The van der Waals surface area contributed by atoms with Gasteiger partial charge in [-0.25, -0.2) is 24.7 Å². The normalized spacial score (nSPS) is 20.3. The number of nitrogens with one attached hydrogen (secondary N) is 1. The van der Waals surface area contributed by atoms with Crippen LogP contribution in [0.1, 0.15) is 31.0 Å². The van der Waals surface area contributed by atoms with E-state index < -0.39 is 12.1 Å². The maximum Gasteiger partial charge on any atom is 0.490 e. The Balaban J connectivity index is 0.000000355. The highest BCUT2D eigenvalue weighted by Gasteiger charge is 2.41. The van der Waals surface area contributed by atoms with E-state index in [4.69, 9.17) is 31.5 Å². The van der Waals surface area contributed by atoms with E-state index >= 15 is 0 Å². The Morgan fingerprint density at radius 3 is 2.68 bits per heavy atom. The van der Waals surface area contributed by atoms with E-state index in [0.29, 0.717) is 17.7 Å². The number of hydrogen-bond donors (Lipinski definition) is 2. The Morgan fingerprint density at radius 1 is 1.27 bits per heavy atom. The maximum absolute atomic E-state index is 10.6. The number of carboxylic acid groups (broad SMARTS) is 1. The average molecular weight is 552 g/mol. The second kappa shape index (κ2) is 10.0. The molecular weight excluding hydrogens is 531 g/mol. The minimum atomic E-state index is -5.08. The van der Waals surface area contributed by atoms with Gasteiger partial charge in [0.05, 0.1) is 16.3 Å². The fourth-order valence-electron chi connectivity index (χ4n) is 4.64. The van der Waals surface area contributed by atoms with Crippen LogP contribution in [0.5, 0.6) is 0 Å². The largest absolute Gasteiger partial charge is 0.490 e. The second-order valence-corrected chi connectivity index (χ2v) is 10.1. The first-order chi connectivity index (χ1) is 17.6. The molecule has 2 atom stereocenters. The number of carbonyl (C=O) groups is 1. The molecule has 3 aromatic rings. The van der Waals surface area contributed by atoms with Crippen molar-refractivity contribution in [3.8, 4) is 0 Å². The standard InChI is InChI=1S/C21H20ClN7S.C2HF3O2/c1-2-11-5-15-17(18(11)22)20(29-10-12-6-13(29)8-25-12)28-21(27-15)30-14-7-16-19(26-9-14)24-4-3-23-16;3-2(4,5)1(6)7/h3-4,7,9,12-13,25H,2,5-6,8,10H2,1H3;(H,6,7). The molecule has 3 aliphatic rings. The van der Waals surface area contributed by atoms with Crippen molar-refractivity contribution in [1.82, 2.24) is 30.2 Å². The van der Waals surface area contributed by atoms with Gasteiger partial charge in [-0.2, -0.15) is 13.2 Å². The van der Waals surface area contributed by atoms with E-state index in [0.717, 1.165) is 70.0 Å². The number of piperazine rings is 1.